The summed E-state index contributed by atoms with van der Waals surface area (Å²) in [6.07, 6.45) is 0. The van der Waals surface area contributed by atoms with E-state index in [0.29, 0.717) is 0 Å². The van der Waals surface area contributed by atoms with Crippen molar-refractivity contribution in [1.82, 2.24) is 0 Å². The van der Waals surface area contributed by atoms with Gasteiger partial charge in [-0.15, -0.1) is 16.0 Å². The van der Waals surface area contributed by atoms with E-state index in [-0.39, 0.29) is 67.3 Å². The predicted molar refractivity (Wildman–Crippen MR) is 33.2 cm³/mol. The van der Waals surface area contributed by atoms with Crippen molar-refractivity contribution in [3.05, 3.63) is 30.3 Å². The Kier molecular flexibility index (Phi) is 214. The summed E-state index contributed by atoms with van der Waals surface area (Å²) in [5.74, 6) is 0. The molecule has 0 saturated carbocycles. The molecule has 0 amide bonds. The van der Waals surface area contributed by atoms with E-state index in [1.807, 2.05) is 0 Å². The average molecular weight is 201 g/mol. The molecule has 0 aliphatic heterocycles. The third-order valence-electron chi connectivity index (χ3n) is 0. The molecule has 0 aromatic carbocycles. The van der Waals surface area contributed by atoms with E-state index < -0.39 is 0 Å². The van der Waals surface area contributed by atoms with Crippen LogP contribution in [0, 0.1) is 30.3 Å². The van der Waals surface area contributed by atoms with Gasteiger partial charge in [-0.2, -0.15) is 0 Å². The molecule has 0 spiro atoms. The van der Waals surface area contributed by atoms with Gasteiger partial charge in [0, 0.05) is 0 Å². The van der Waals surface area contributed by atoms with Crippen LogP contribution in [0.15, 0.2) is 16.0 Å². The van der Waals surface area contributed by atoms with Crippen LogP contribution in [0.25, 0.3) is 0 Å². The van der Waals surface area contributed by atoms with Gasteiger partial charge in [0.2, 0.25) is 0 Å². The maximum Gasteiger partial charge on any atom is 2.00 e. The van der Waals surface area contributed by atoms with Crippen LogP contribution in [0.2, 0.25) is 0 Å². The van der Waals surface area contributed by atoms with E-state index in [2.05, 4.69) is 0 Å². The summed E-state index contributed by atoms with van der Waals surface area (Å²) in [4.78, 5) is 24.0. The summed E-state index contributed by atoms with van der Waals surface area (Å²) in [5.41, 5.74) is 0. The quantitative estimate of drug-likeness (QED) is 0.237. The largest absolute Gasteiger partial charge is 2.00 e. The van der Waals surface area contributed by atoms with Gasteiger partial charge < -0.3 is 30.3 Å². The summed E-state index contributed by atoms with van der Waals surface area (Å²) in [6.45, 7) is 0. The molecule has 0 aromatic rings. The van der Waals surface area contributed by atoms with Crippen LogP contribution in [0.1, 0.15) is 0 Å². The zero-order valence-corrected chi connectivity index (χ0v) is 9.71. The van der Waals surface area contributed by atoms with Crippen molar-refractivity contribution < 1.29 is 29.6 Å². The van der Waals surface area contributed by atoms with Gasteiger partial charge in [0.05, 0.1) is 0 Å². The van der Waals surface area contributed by atoms with Crippen LogP contribution in [0.4, 0.5) is 0 Å². The molecule has 0 aliphatic rings. The van der Waals surface area contributed by atoms with Crippen molar-refractivity contribution in [3.8, 4) is 0 Å². The second kappa shape index (κ2) is 78.2. The van der Waals surface area contributed by atoms with Gasteiger partial charge in [-0.05, 0) is 0 Å². The third kappa shape index (κ3) is 3540. The van der Waals surface area contributed by atoms with Gasteiger partial charge in [-0.25, -0.2) is 0 Å². The van der Waals surface area contributed by atoms with Crippen LogP contribution in [-0.2, 0) is 0 Å². The summed E-state index contributed by atoms with van der Waals surface area (Å²) >= 11 is 0. The van der Waals surface area contributed by atoms with Crippen LogP contribution < -0.4 is 29.6 Å². The normalized spacial score (nSPS) is 3.27. The predicted octanol–water partition coefficient (Wildman–Crippen LogP) is -2.62. The first kappa shape index (κ1) is 30.0. The van der Waals surface area contributed by atoms with Crippen molar-refractivity contribution in [2.45, 2.75) is 0 Å². The minimum absolute atomic E-state index is 0. The van der Waals surface area contributed by atoms with Crippen LogP contribution in [0.5, 0.6) is 0 Å². The molecule has 0 atom stereocenters. The van der Waals surface area contributed by atoms with Gasteiger partial charge in [0.1, 0.15) is 0 Å². The van der Waals surface area contributed by atoms with E-state index in [9.17, 15) is 0 Å². The Hall–Kier alpha value is 0.460. The molecule has 0 N–H and O–H groups in total. The average Bonchev–Trinajstić information content (AvgIpc) is 1.70. The number of rotatable bonds is 0. The van der Waals surface area contributed by atoms with Crippen molar-refractivity contribution in [2.24, 2.45) is 16.0 Å². The fourth-order valence-electron chi connectivity index (χ4n) is 0. The Labute approximate surface area is 112 Å². The SMILES string of the molecule is O=N[O-].O=N[O-].O=N[O-].[Ca+2].[Na+]. The van der Waals surface area contributed by atoms with Crippen LogP contribution in [0.3, 0.4) is 0 Å². The molecule has 11 heavy (non-hydrogen) atoms. The molecule has 0 fully saturated rings. The zero-order chi connectivity index (χ0) is 8.12. The van der Waals surface area contributed by atoms with Crippen molar-refractivity contribution in [1.29, 1.82) is 0 Å². The summed E-state index contributed by atoms with van der Waals surface area (Å²) in [7, 11) is 0. The molecule has 0 radical (unpaired) electrons. The molecule has 0 rings (SSSR count). The first-order valence-corrected chi connectivity index (χ1v) is 1.10. The van der Waals surface area contributed by atoms with Crippen LogP contribution in [-0.4, -0.2) is 37.7 Å². The van der Waals surface area contributed by atoms with E-state index in [0.717, 1.165) is 16.0 Å². The summed E-state index contributed by atoms with van der Waals surface area (Å²) < 4.78 is 0. The molecule has 54 valence electrons. The van der Waals surface area contributed by atoms with Crippen molar-refractivity contribution >= 4 is 37.7 Å². The topological polar surface area (TPSA) is 157 Å². The van der Waals surface area contributed by atoms with Crippen molar-refractivity contribution in [2.75, 3.05) is 0 Å². The van der Waals surface area contributed by atoms with E-state index in [1.165, 1.54) is 0 Å². The first-order valence-electron chi connectivity index (χ1n) is 1.10. The maximum atomic E-state index is 8.00. The molecule has 0 saturated heterocycles. The number of hydrogen-bond donors (Lipinski definition) is 0. The summed E-state index contributed by atoms with van der Waals surface area (Å²) in [6, 6.07) is 0. The molecule has 0 aromatic heterocycles. The molecule has 0 bridgehead atoms. The molecule has 0 heterocycles. The zero-order valence-electron chi connectivity index (χ0n) is 5.50. The standard InChI is InChI=1S/Ca.3HNO2.Na/c;3*2-1-3;/h;3*(H,2,3);/q+2;;;;+1/p-3. The minimum atomic E-state index is 0. The fraction of sp³-hybridized carbons (Fsp3) is 0. The fourth-order valence-corrected chi connectivity index (χ4v) is 0. The molecular formula is CaN3NaO6. The minimum Gasteiger partial charge on any atom is -0.444 e. The first-order chi connectivity index (χ1) is 4.24. The molecular weight excluding hydrogens is 201 g/mol. The van der Waals surface area contributed by atoms with E-state index >= 15 is 0 Å². The van der Waals surface area contributed by atoms with Crippen LogP contribution >= 0.6 is 0 Å². The monoisotopic (exact) mass is 201 g/mol. The molecule has 9 nitrogen and oxygen atoms in total. The summed E-state index contributed by atoms with van der Waals surface area (Å²) in [5, 5.41) is 27.0. The Morgan fingerprint density at radius 2 is 0.727 bits per heavy atom. The maximum absolute atomic E-state index is 8.00. The second-order valence-electron chi connectivity index (χ2n) is 0.224. The number of nitrogens with zero attached hydrogens (tertiary/aromatic N) is 3. The Morgan fingerprint density at radius 3 is 0.727 bits per heavy atom. The smallest absolute Gasteiger partial charge is 0.444 e. The Morgan fingerprint density at radius 1 is 0.727 bits per heavy atom. The van der Waals surface area contributed by atoms with Gasteiger partial charge in [-0.1, -0.05) is 0 Å². The second-order valence-corrected chi connectivity index (χ2v) is 0.224. The van der Waals surface area contributed by atoms with Gasteiger partial charge in [0.15, 0.2) is 0 Å². The third-order valence-corrected chi connectivity index (χ3v) is 0. The van der Waals surface area contributed by atoms with E-state index in [4.69, 9.17) is 30.3 Å². The Balaban J connectivity index is -0.0000000150. The number of hydrogen-bond acceptors (Lipinski definition) is 9. The molecule has 0 aliphatic carbocycles. The molecule has 11 heteroatoms. The molecule has 0 unspecified atom stereocenters. The Bertz CT molecular complexity index is 54.6. The van der Waals surface area contributed by atoms with Crippen molar-refractivity contribution in [3.63, 3.8) is 0 Å². The van der Waals surface area contributed by atoms with Gasteiger partial charge >= 0.3 is 67.3 Å². The van der Waals surface area contributed by atoms with E-state index in [1.54, 1.807) is 0 Å². The van der Waals surface area contributed by atoms with Gasteiger partial charge in [-0.3, -0.25) is 0 Å². The van der Waals surface area contributed by atoms with Gasteiger partial charge in [0.25, 0.3) is 0 Å².